The summed E-state index contributed by atoms with van der Waals surface area (Å²) < 4.78 is 26.2. The molecule has 1 aliphatic rings. The van der Waals surface area contributed by atoms with E-state index in [-0.39, 0.29) is 10.8 Å². The molecular weight excluding hydrogens is 392 g/mol. The van der Waals surface area contributed by atoms with Crippen LogP contribution in [0, 0.1) is 0 Å². The lowest BCUT2D eigenvalue weighted by molar-refractivity contribution is -0.115. The van der Waals surface area contributed by atoms with Crippen LogP contribution in [0.15, 0.2) is 59.8 Å². The van der Waals surface area contributed by atoms with Gasteiger partial charge in [-0.25, -0.2) is 23.1 Å². The molecule has 3 aromatic rings. The number of nitrogens with zero attached hydrogens (tertiary/aromatic N) is 2. The molecule has 0 saturated heterocycles. The van der Waals surface area contributed by atoms with Gasteiger partial charge in [-0.3, -0.25) is 4.79 Å². The average molecular weight is 410 g/mol. The van der Waals surface area contributed by atoms with Crippen molar-refractivity contribution in [1.82, 2.24) is 14.7 Å². The second kappa shape index (κ2) is 7.49. The van der Waals surface area contributed by atoms with Crippen molar-refractivity contribution in [3.8, 4) is 0 Å². The van der Waals surface area contributed by atoms with Crippen LogP contribution in [0.1, 0.15) is 5.56 Å². The Labute approximate surface area is 167 Å². The molecule has 9 nitrogen and oxygen atoms in total. The summed E-state index contributed by atoms with van der Waals surface area (Å²) >= 11 is 0. The molecule has 4 rings (SSSR count). The number of sulfonamides is 1. The van der Waals surface area contributed by atoms with E-state index in [0.717, 1.165) is 16.9 Å². The smallest absolute Gasteiger partial charge is 0.240 e. The summed E-state index contributed by atoms with van der Waals surface area (Å²) in [5.41, 5.74) is 3.12. The highest BCUT2D eigenvalue weighted by Gasteiger charge is 2.17. The molecule has 0 aliphatic carbocycles. The molecule has 1 amide bonds. The molecular formula is C19H18N6O3S. The minimum absolute atomic E-state index is 0.0202. The molecule has 148 valence electrons. The van der Waals surface area contributed by atoms with Gasteiger partial charge in [-0.2, -0.15) is 0 Å². The zero-order valence-electron chi connectivity index (χ0n) is 15.4. The van der Waals surface area contributed by atoms with Crippen LogP contribution >= 0.6 is 0 Å². The summed E-state index contributed by atoms with van der Waals surface area (Å²) in [7, 11) is -2.17. The number of rotatable bonds is 6. The normalized spacial score (nSPS) is 12.9. The fraction of sp³-hybridized carbons (Fsp3) is 0.105. The van der Waals surface area contributed by atoms with Crippen molar-refractivity contribution in [3.05, 3.63) is 60.4 Å². The van der Waals surface area contributed by atoms with Crippen molar-refractivity contribution in [3.63, 3.8) is 0 Å². The average Bonchev–Trinajstić information content (AvgIpc) is 3.08. The monoisotopic (exact) mass is 410 g/mol. The number of carbonyl (C=O) groups excluding carboxylic acids is 1. The first-order valence-electron chi connectivity index (χ1n) is 8.75. The van der Waals surface area contributed by atoms with Gasteiger partial charge in [-0.1, -0.05) is 6.07 Å². The number of anilines is 5. The van der Waals surface area contributed by atoms with Gasteiger partial charge in [0.05, 0.1) is 11.3 Å². The zero-order chi connectivity index (χ0) is 20.4. The van der Waals surface area contributed by atoms with Crippen LogP contribution in [0.3, 0.4) is 0 Å². The molecule has 0 fully saturated rings. The highest BCUT2D eigenvalue weighted by atomic mass is 32.2. The van der Waals surface area contributed by atoms with Crippen LogP contribution in [0.25, 0.3) is 0 Å². The van der Waals surface area contributed by atoms with Gasteiger partial charge in [0.1, 0.15) is 18.0 Å². The first kappa shape index (κ1) is 18.8. The quantitative estimate of drug-likeness (QED) is 0.492. The number of fused-ring (bicyclic) bond motifs is 1. The van der Waals surface area contributed by atoms with Crippen LogP contribution in [0.2, 0.25) is 0 Å². The molecule has 0 radical (unpaired) electrons. The lowest BCUT2D eigenvalue weighted by atomic mass is 10.1. The Kier molecular flexibility index (Phi) is 4.87. The van der Waals surface area contributed by atoms with Crippen molar-refractivity contribution in [2.45, 2.75) is 11.3 Å². The Morgan fingerprint density at radius 1 is 0.966 bits per heavy atom. The van der Waals surface area contributed by atoms with Gasteiger partial charge < -0.3 is 16.0 Å². The predicted octanol–water partition coefficient (Wildman–Crippen LogP) is 2.37. The minimum Gasteiger partial charge on any atom is -0.340 e. The van der Waals surface area contributed by atoms with Gasteiger partial charge in [0.25, 0.3) is 0 Å². The van der Waals surface area contributed by atoms with Crippen molar-refractivity contribution in [2.75, 3.05) is 23.0 Å². The standard InChI is InChI=1S/C19H18N6O3S/c1-20-29(27,28)15-4-2-3-13(9-15)23-17-10-18(22-11-21-17)24-14-5-6-16-12(7-14)8-19(26)25-16/h2-7,9-11,20H,8H2,1H3,(H,25,26)(H2,21,22,23,24). The second-order valence-corrected chi connectivity index (χ2v) is 8.26. The fourth-order valence-corrected chi connectivity index (χ4v) is 3.73. The van der Waals surface area contributed by atoms with E-state index in [0.29, 0.717) is 23.7 Å². The van der Waals surface area contributed by atoms with Gasteiger partial charge in [0.2, 0.25) is 15.9 Å². The van der Waals surface area contributed by atoms with Crippen LogP contribution in [0.5, 0.6) is 0 Å². The molecule has 0 saturated carbocycles. The molecule has 0 unspecified atom stereocenters. The summed E-state index contributed by atoms with van der Waals surface area (Å²) in [4.78, 5) is 20.0. The summed E-state index contributed by atoms with van der Waals surface area (Å²) in [5.74, 6) is 1.03. The molecule has 1 aromatic heterocycles. The fourth-order valence-electron chi connectivity index (χ4n) is 2.96. The van der Waals surface area contributed by atoms with Gasteiger partial charge in [0, 0.05) is 23.1 Å². The third kappa shape index (κ3) is 4.18. The van der Waals surface area contributed by atoms with E-state index in [1.54, 1.807) is 18.2 Å². The van der Waals surface area contributed by atoms with Crippen LogP contribution in [-0.2, 0) is 21.2 Å². The Morgan fingerprint density at radius 2 is 1.69 bits per heavy atom. The highest BCUT2D eigenvalue weighted by molar-refractivity contribution is 7.89. The Balaban J connectivity index is 1.52. The topological polar surface area (TPSA) is 125 Å². The molecule has 4 N–H and O–H groups in total. The van der Waals surface area contributed by atoms with Gasteiger partial charge in [0.15, 0.2) is 0 Å². The Morgan fingerprint density at radius 3 is 2.41 bits per heavy atom. The molecule has 29 heavy (non-hydrogen) atoms. The van der Waals surface area contributed by atoms with Crippen molar-refractivity contribution < 1.29 is 13.2 Å². The number of aromatic nitrogens is 2. The molecule has 0 spiro atoms. The maximum absolute atomic E-state index is 12.0. The number of amides is 1. The van der Waals surface area contributed by atoms with Crippen LogP contribution in [-0.4, -0.2) is 31.3 Å². The van der Waals surface area contributed by atoms with E-state index in [4.69, 9.17) is 0 Å². The third-order valence-corrected chi connectivity index (χ3v) is 5.77. The van der Waals surface area contributed by atoms with E-state index in [9.17, 15) is 13.2 Å². The summed E-state index contributed by atoms with van der Waals surface area (Å²) in [6, 6.07) is 13.7. The molecule has 2 aromatic carbocycles. The molecule has 0 bridgehead atoms. The van der Waals surface area contributed by atoms with Crippen molar-refractivity contribution in [2.24, 2.45) is 0 Å². The zero-order valence-corrected chi connectivity index (χ0v) is 16.2. The first-order chi connectivity index (χ1) is 13.9. The number of nitrogens with one attached hydrogen (secondary N) is 4. The molecule has 0 atom stereocenters. The van der Waals surface area contributed by atoms with Gasteiger partial charge in [-0.05, 0) is 49.0 Å². The third-order valence-electron chi connectivity index (χ3n) is 4.36. The minimum atomic E-state index is -3.54. The van der Waals surface area contributed by atoms with Gasteiger partial charge in [-0.15, -0.1) is 0 Å². The largest absolute Gasteiger partial charge is 0.340 e. The first-order valence-corrected chi connectivity index (χ1v) is 10.2. The SMILES string of the molecule is CNS(=O)(=O)c1cccc(Nc2cc(Nc3ccc4c(c3)CC(=O)N4)ncn2)c1. The maximum Gasteiger partial charge on any atom is 0.240 e. The van der Waals surface area contributed by atoms with Gasteiger partial charge >= 0.3 is 0 Å². The lowest BCUT2D eigenvalue weighted by Crippen LogP contribution is -2.18. The lowest BCUT2D eigenvalue weighted by Gasteiger charge is -2.10. The Bertz CT molecular complexity index is 1200. The number of benzene rings is 2. The molecule has 2 heterocycles. The predicted molar refractivity (Wildman–Crippen MR) is 110 cm³/mol. The number of carbonyl (C=O) groups is 1. The number of hydrogen-bond donors (Lipinski definition) is 4. The van der Waals surface area contributed by atoms with Crippen LogP contribution in [0.4, 0.5) is 28.7 Å². The van der Waals surface area contributed by atoms with Crippen LogP contribution < -0.4 is 20.7 Å². The molecule has 10 heteroatoms. The van der Waals surface area contributed by atoms with E-state index >= 15 is 0 Å². The summed E-state index contributed by atoms with van der Waals surface area (Å²) in [5, 5.41) is 9.05. The van der Waals surface area contributed by atoms with E-state index in [1.807, 2.05) is 18.2 Å². The number of hydrogen-bond acceptors (Lipinski definition) is 7. The highest BCUT2D eigenvalue weighted by Crippen LogP contribution is 2.28. The van der Waals surface area contributed by atoms with E-state index in [2.05, 4.69) is 30.6 Å². The second-order valence-electron chi connectivity index (χ2n) is 6.37. The van der Waals surface area contributed by atoms with Crippen molar-refractivity contribution >= 4 is 44.6 Å². The summed E-state index contributed by atoms with van der Waals surface area (Å²) in [6.07, 6.45) is 1.75. The van der Waals surface area contributed by atoms with E-state index < -0.39 is 10.0 Å². The van der Waals surface area contributed by atoms with E-state index in [1.165, 1.54) is 25.5 Å². The van der Waals surface area contributed by atoms with Crippen molar-refractivity contribution in [1.29, 1.82) is 0 Å². The summed E-state index contributed by atoms with van der Waals surface area (Å²) in [6.45, 7) is 0. The Hall–Kier alpha value is -3.50. The maximum atomic E-state index is 12.0. The molecule has 1 aliphatic heterocycles.